The number of hydrogen-bond donors (Lipinski definition) is 1. The highest BCUT2D eigenvalue weighted by Crippen LogP contribution is 2.20. The molecule has 1 aromatic rings. The maximum absolute atomic E-state index is 3.52. The van der Waals surface area contributed by atoms with Crippen LogP contribution < -0.4 is 10.2 Å². The molecule has 1 saturated heterocycles. The normalized spacial score (nSPS) is 16.3. The molecule has 0 atom stereocenters. The van der Waals surface area contributed by atoms with E-state index in [1.54, 1.807) is 0 Å². The second-order valence-electron chi connectivity index (χ2n) is 6.52. The van der Waals surface area contributed by atoms with E-state index in [4.69, 9.17) is 0 Å². The Hall–Kier alpha value is -1.02. The summed E-state index contributed by atoms with van der Waals surface area (Å²) < 4.78 is 0. The molecule has 0 amide bonds. The lowest BCUT2D eigenvalue weighted by molar-refractivity contribution is 0.379. The Bertz CT molecular complexity index is 356. The average Bonchev–Trinajstić information content (AvgIpc) is 2.82. The molecule has 1 aromatic carbocycles. The molecule has 18 heavy (non-hydrogen) atoms. The minimum absolute atomic E-state index is 0.357. The van der Waals surface area contributed by atoms with E-state index in [1.165, 1.54) is 37.2 Å². The van der Waals surface area contributed by atoms with Crippen molar-refractivity contribution in [1.82, 2.24) is 5.32 Å². The van der Waals surface area contributed by atoms with E-state index in [0.29, 0.717) is 5.41 Å². The van der Waals surface area contributed by atoms with Crippen LogP contribution in [-0.4, -0.2) is 19.6 Å². The number of rotatable bonds is 4. The molecule has 1 aliphatic heterocycles. The van der Waals surface area contributed by atoms with Gasteiger partial charge >= 0.3 is 0 Å². The summed E-state index contributed by atoms with van der Waals surface area (Å²) in [4.78, 5) is 2.48. The van der Waals surface area contributed by atoms with Crippen LogP contribution in [0.3, 0.4) is 0 Å². The quantitative estimate of drug-likeness (QED) is 0.875. The van der Waals surface area contributed by atoms with Crippen molar-refractivity contribution in [1.29, 1.82) is 0 Å². The van der Waals surface area contributed by atoms with Gasteiger partial charge in [0, 0.05) is 31.9 Å². The molecular weight excluding hydrogens is 220 g/mol. The molecule has 0 unspecified atom stereocenters. The van der Waals surface area contributed by atoms with E-state index >= 15 is 0 Å². The van der Waals surface area contributed by atoms with Crippen LogP contribution in [-0.2, 0) is 6.54 Å². The van der Waals surface area contributed by atoms with Crippen molar-refractivity contribution in [3.63, 3.8) is 0 Å². The SMILES string of the molecule is CC(C)(C)CNCc1ccc(N2CCCC2)cc1. The summed E-state index contributed by atoms with van der Waals surface area (Å²) in [5.74, 6) is 0. The van der Waals surface area contributed by atoms with Gasteiger partial charge < -0.3 is 10.2 Å². The van der Waals surface area contributed by atoms with Crippen LogP contribution in [0.1, 0.15) is 39.2 Å². The molecule has 0 radical (unpaired) electrons. The summed E-state index contributed by atoms with van der Waals surface area (Å²) >= 11 is 0. The van der Waals surface area contributed by atoms with Crippen LogP contribution in [0.5, 0.6) is 0 Å². The minimum atomic E-state index is 0.357. The Morgan fingerprint density at radius 3 is 2.22 bits per heavy atom. The van der Waals surface area contributed by atoms with Crippen LogP contribution >= 0.6 is 0 Å². The summed E-state index contributed by atoms with van der Waals surface area (Å²) in [6.07, 6.45) is 2.68. The maximum Gasteiger partial charge on any atom is 0.0366 e. The van der Waals surface area contributed by atoms with Gasteiger partial charge in [-0.05, 0) is 36.0 Å². The monoisotopic (exact) mass is 246 g/mol. The van der Waals surface area contributed by atoms with Gasteiger partial charge in [-0.15, -0.1) is 0 Å². The van der Waals surface area contributed by atoms with E-state index in [1.807, 2.05) is 0 Å². The molecule has 0 saturated carbocycles. The van der Waals surface area contributed by atoms with Gasteiger partial charge in [0.05, 0.1) is 0 Å². The molecule has 0 bridgehead atoms. The predicted molar refractivity (Wildman–Crippen MR) is 79.1 cm³/mol. The Balaban J connectivity index is 1.84. The van der Waals surface area contributed by atoms with Gasteiger partial charge in [0.2, 0.25) is 0 Å². The van der Waals surface area contributed by atoms with E-state index in [9.17, 15) is 0 Å². The maximum atomic E-state index is 3.52. The van der Waals surface area contributed by atoms with Crippen molar-refractivity contribution in [3.05, 3.63) is 29.8 Å². The van der Waals surface area contributed by atoms with E-state index in [2.05, 4.69) is 55.3 Å². The van der Waals surface area contributed by atoms with Gasteiger partial charge in [-0.3, -0.25) is 0 Å². The van der Waals surface area contributed by atoms with Crippen molar-refractivity contribution in [2.75, 3.05) is 24.5 Å². The average molecular weight is 246 g/mol. The van der Waals surface area contributed by atoms with Crippen LogP contribution in [0, 0.1) is 5.41 Å². The molecular formula is C16H26N2. The lowest BCUT2D eigenvalue weighted by Crippen LogP contribution is -2.26. The third kappa shape index (κ3) is 4.02. The van der Waals surface area contributed by atoms with Gasteiger partial charge in [0.1, 0.15) is 0 Å². The molecule has 1 N–H and O–H groups in total. The smallest absolute Gasteiger partial charge is 0.0366 e. The molecule has 1 fully saturated rings. The molecule has 2 nitrogen and oxygen atoms in total. The van der Waals surface area contributed by atoms with E-state index < -0.39 is 0 Å². The van der Waals surface area contributed by atoms with Gasteiger partial charge in [-0.1, -0.05) is 32.9 Å². The van der Waals surface area contributed by atoms with E-state index in [0.717, 1.165) is 13.1 Å². The zero-order valence-electron chi connectivity index (χ0n) is 12.0. The first-order valence-electron chi connectivity index (χ1n) is 7.09. The van der Waals surface area contributed by atoms with Crippen LogP contribution in [0.4, 0.5) is 5.69 Å². The second-order valence-corrected chi connectivity index (χ2v) is 6.52. The lowest BCUT2D eigenvalue weighted by Gasteiger charge is -2.20. The Labute approximate surface area is 111 Å². The largest absolute Gasteiger partial charge is 0.372 e. The number of nitrogens with one attached hydrogen (secondary N) is 1. The van der Waals surface area contributed by atoms with Crippen LogP contribution in [0.25, 0.3) is 0 Å². The predicted octanol–water partition coefficient (Wildman–Crippen LogP) is 3.42. The summed E-state index contributed by atoms with van der Waals surface area (Å²) in [5.41, 5.74) is 3.12. The molecule has 1 heterocycles. The molecule has 1 aliphatic rings. The molecule has 100 valence electrons. The summed E-state index contributed by atoms with van der Waals surface area (Å²) in [7, 11) is 0. The summed E-state index contributed by atoms with van der Waals surface area (Å²) in [6, 6.07) is 9.03. The van der Waals surface area contributed by atoms with Gasteiger partial charge in [-0.2, -0.15) is 0 Å². The Morgan fingerprint density at radius 2 is 1.67 bits per heavy atom. The van der Waals surface area contributed by atoms with Crippen molar-refractivity contribution in [2.45, 2.75) is 40.2 Å². The first kappa shape index (κ1) is 13.4. The molecule has 0 aliphatic carbocycles. The fourth-order valence-electron chi connectivity index (χ4n) is 2.38. The standard InChI is InChI=1S/C16H26N2/c1-16(2,3)13-17-12-14-6-8-15(9-7-14)18-10-4-5-11-18/h6-9,17H,4-5,10-13H2,1-3H3. The fraction of sp³-hybridized carbons (Fsp3) is 0.625. The topological polar surface area (TPSA) is 15.3 Å². The molecule has 2 heteroatoms. The number of benzene rings is 1. The summed E-state index contributed by atoms with van der Waals surface area (Å²) in [5, 5.41) is 3.52. The highest BCUT2D eigenvalue weighted by atomic mass is 15.1. The number of anilines is 1. The van der Waals surface area contributed by atoms with Crippen molar-refractivity contribution >= 4 is 5.69 Å². The minimum Gasteiger partial charge on any atom is -0.372 e. The third-order valence-corrected chi connectivity index (χ3v) is 3.39. The zero-order valence-corrected chi connectivity index (χ0v) is 12.0. The lowest BCUT2D eigenvalue weighted by atomic mass is 9.97. The van der Waals surface area contributed by atoms with Crippen molar-refractivity contribution in [2.24, 2.45) is 5.41 Å². The molecule has 0 aromatic heterocycles. The highest BCUT2D eigenvalue weighted by Gasteiger charge is 2.12. The van der Waals surface area contributed by atoms with Crippen molar-refractivity contribution < 1.29 is 0 Å². The van der Waals surface area contributed by atoms with Crippen LogP contribution in [0.15, 0.2) is 24.3 Å². The fourth-order valence-corrected chi connectivity index (χ4v) is 2.38. The van der Waals surface area contributed by atoms with Gasteiger partial charge in [0.25, 0.3) is 0 Å². The van der Waals surface area contributed by atoms with Crippen molar-refractivity contribution in [3.8, 4) is 0 Å². The second kappa shape index (κ2) is 5.75. The zero-order chi connectivity index (χ0) is 13.0. The Kier molecular flexibility index (Phi) is 4.28. The molecule has 0 spiro atoms. The van der Waals surface area contributed by atoms with Gasteiger partial charge in [0.15, 0.2) is 0 Å². The third-order valence-electron chi connectivity index (χ3n) is 3.39. The van der Waals surface area contributed by atoms with E-state index in [-0.39, 0.29) is 0 Å². The molecule has 2 rings (SSSR count). The number of hydrogen-bond acceptors (Lipinski definition) is 2. The first-order valence-corrected chi connectivity index (χ1v) is 7.09. The van der Waals surface area contributed by atoms with Crippen LogP contribution in [0.2, 0.25) is 0 Å². The Morgan fingerprint density at radius 1 is 1.06 bits per heavy atom. The first-order chi connectivity index (χ1) is 8.54. The highest BCUT2D eigenvalue weighted by molar-refractivity contribution is 5.48. The summed E-state index contributed by atoms with van der Waals surface area (Å²) in [6.45, 7) is 11.3. The van der Waals surface area contributed by atoms with Gasteiger partial charge in [-0.25, -0.2) is 0 Å². The number of nitrogens with zero attached hydrogens (tertiary/aromatic N) is 1.